The molecule has 1 aliphatic carbocycles. The smallest absolute Gasteiger partial charge is 0.339 e. The lowest BCUT2D eigenvalue weighted by atomic mass is 9.73. The minimum atomic E-state index is -1.46. The Balaban J connectivity index is 1.73. The summed E-state index contributed by atoms with van der Waals surface area (Å²) in [6.45, 7) is 7.65. The molecule has 2 aromatic heterocycles. The van der Waals surface area contributed by atoms with Crippen LogP contribution in [0.1, 0.15) is 58.4 Å². The molecule has 4 rings (SSSR count). The topological polar surface area (TPSA) is 98.9 Å². The normalized spacial score (nSPS) is 27.6. The summed E-state index contributed by atoms with van der Waals surface area (Å²) >= 11 is 0. The van der Waals surface area contributed by atoms with E-state index in [0.29, 0.717) is 5.92 Å². The number of nitrogens with zero attached hydrogens (tertiary/aromatic N) is 3. The second-order valence-electron chi connectivity index (χ2n) is 9.71. The van der Waals surface area contributed by atoms with Crippen LogP contribution in [0.3, 0.4) is 0 Å². The second-order valence-corrected chi connectivity index (χ2v) is 9.71. The Kier molecular flexibility index (Phi) is 4.70. The minimum absolute atomic E-state index is 0.0937. The maximum Gasteiger partial charge on any atom is 0.339 e. The highest BCUT2D eigenvalue weighted by Gasteiger charge is 2.64. The lowest BCUT2D eigenvalue weighted by Crippen LogP contribution is -2.65. The number of aromatic nitrogens is 2. The third-order valence-electron chi connectivity index (χ3n) is 6.95. The molecule has 2 unspecified atom stereocenters. The van der Waals surface area contributed by atoms with E-state index in [0.717, 1.165) is 5.65 Å². The van der Waals surface area contributed by atoms with Crippen molar-refractivity contribution in [1.29, 1.82) is 0 Å². The van der Waals surface area contributed by atoms with Gasteiger partial charge < -0.3 is 10.2 Å². The molecule has 2 fully saturated rings. The summed E-state index contributed by atoms with van der Waals surface area (Å²) in [6, 6.07) is 4.19. The zero-order chi connectivity index (χ0) is 21.9. The quantitative estimate of drug-likeness (QED) is 0.625. The molecular weight excluding hydrogens is 384 g/mol. The van der Waals surface area contributed by atoms with Gasteiger partial charge in [-0.1, -0.05) is 27.7 Å². The van der Waals surface area contributed by atoms with E-state index in [-0.39, 0.29) is 19.6 Å². The molecule has 0 bridgehead atoms. The van der Waals surface area contributed by atoms with Crippen molar-refractivity contribution in [3.8, 4) is 0 Å². The zero-order valence-corrected chi connectivity index (χ0v) is 18.1. The molecule has 8 nitrogen and oxygen atoms in total. The summed E-state index contributed by atoms with van der Waals surface area (Å²) in [6.07, 6.45) is 8.72. The first-order valence-corrected chi connectivity index (χ1v) is 10.6. The molecule has 162 valence electrons. The number of fused-ring (bicyclic) bond motifs is 1. The van der Waals surface area contributed by atoms with Crippen LogP contribution in [0.5, 0.6) is 0 Å². The predicted molar refractivity (Wildman–Crippen MR) is 110 cm³/mol. The fourth-order valence-corrected chi connectivity index (χ4v) is 4.66. The van der Waals surface area contributed by atoms with Crippen LogP contribution in [0.4, 0.5) is 0 Å². The van der Waals surface area contributed by atoms with Crippen molar-refractivity contribution >= 4 is 17.6 Å². The van der Waals surface area contributed by atoms with E-state index in [2.05, 4.69) is 28.0 Å². The predicted octanol–water partition coefficient (Wildman–Crippen LogP) is 2.03. The van der Waals surface area contributed by atoms with E-state index in [4.69, 9.17) is 0 Å². The highest BCUT2D eigenvalue weighted by Crippen LogP contribution is 2.42. The molecule has 8 heteroatoms. The number of hydrogen-bond acceptors (Lipinski definition) is 4. The zero-order valence-electron chi connectivity index (χ0n) is 18.1. The van der Waals surface area contributed by atoms with Crippen molar-refractivity contribution in [2.24, 2.45) is 5.41 Å². The number of imidazole rings is 1. The molecule has 0 amide bonds. The molecule has 30 heavy (non-hydrogen) atoms. The first-order chi connectivity index (χ1) is 14.0. The number of nitrogens with one attached hydrogen (secondary N) is 1. The monoisotopic (exact) mass is 415 g/mol. The Hall–Kier alpha value is -2.45. The minimum Gasteiger partial charge on any atom is -0.480 e. The van der Waals surface area contributed by atoms with Crippen molar-refractivity contribution in [2.75, 3.05) is 6.54 Å². The summed E-state index contributed by atoms with van der Waals surface area (Å²) < 4.78 is 4.03. The molecule has 1 saturated heterocycles. The summed E-state index contributed by atoms with van der Waals surface area (Å²) in [7, 11) is 0. The van der Waals surface area contributed by atoms with E-state index in [9.17, 15) is 19.8 Å². The molecule has 0 aromatic carbocycles. The molecule has 3 N–H and O–H groups in total. The van der Waals surface area contributed by atoms with Crippen LogP contribution in [-0.2, 0) is 16.3 Å². The van der Waals surface area contributed by atoms with Crippen molar-refractivity contribution in [3.63, 3.8) is 0 Å². The Bertz CT molecular complexity index is 1010. The molecule has 1 aliphatic heterocycles. The number of rotatable bonds is 6. The lowest BCUT2D eigenvalue weighted by molar-refractivity contribution is -0.511. The van der Waals surface area contributed by atoms with Gasteiger partial charge in [-0.3, -0.25) is 10.1 Å². The van der Waals surface area contributed by atoms with E-state index in [1.54, 1.807) is 11.8 Å². The van der Waals surface area contributed by atoms with Crippen LogP contribution in [0.2, 0.25) is 0 Å². The van der Waals surface area contributed by atoms with Crippen LogP contribution < -0.4 is 9.72 Å². The van der Waals surface area contributed by atoms with Gasteiger partial charge >= 0.3 is 11.9 Å². The maximum atomic E-state index is 12.4. The number of carboxylic acid groups (broad SMARTS) is 2. The van der Waals surface area contributed by atoms with Gasteiger partial charge in [0.2, 0.25) is 0 Å². The standard InChI is InChI=1S/C22H30N4O4/c1-5-22(19(29)30)23-21(18(27)28,20(2,3)4)13-26(22)14-25-11-10-24-12-16(15-6-7-15)8-9-17(24)25/h8-12,15,23H,5-7,13-14H2,1-4H3,(H-,27,28,29,30)/p+1. The van der Waals surface area contributed by atoms with Crippen molar-refractivity contribution < 1.29 is 24.2 Å². The van der Waals surface area contributed by atoms with Gasteiger partial charge in [0, 0.05) is 12.6 Å². The van der Waals surface area contributed by atoms with Gasteiger partial charge in [-0.05, 0) is 42.2 Å². The largest absolute Gasteiger partial charge is 0.480 e. The van der Waals surface area contributed by atoms with E-state index in [1.165, 1.54) is 18.4 Å². The number of carbonyl (C=O) groups is 2. The first kappa shape index (κ1) is 20.8. The van der Waals surface area contributed by atoms with E-state index >= 15 is 0 Å². The Morgan fingerprint density at radius 2 is 1.93 bits per heavy atom. The fourth-order valence-electron chi connectivity index (χ4n) is 4.66. The molecule has 0 radical (unpaired) electrons. The highest BCUT2D eigenvalue weighted by molar-refractivity contribution is 5.86. The van der Waals surface area contributed by atoms with Gasteiger partial charge in [-0.2, -0.15) is 0 Å². The van der Waals surface area contributed by atoms with Gasteiger partial charge in [0.25, 0.3) is 5.65 Å². The van der Waals surface area contributed by atoms with Crippen molar-refractivity contribution in [1.82, 2.24) is 14.8 Å². The lowest BCUT2D eigenvalue weighted by Gasteiger charge is -2.39. The Labute approximate surface area is 176 Å². The van der Waals surface area contributed by atoms with Gasteiger partial charge in [-0.25, -0.2) is 18.7 Å². The van der Waals surface area contributed by atoms with Crippen molar-refractivity contribution in [3.05, 3.63) is 36.3 Å². The number of hydrogen-bond donors (Lipinski definition) is 3. The SMILES string of the molecule is CCC1(C(=O)O)NC(C(=O)O)(C(C)(C)C)CN1Cn1cc[n+]2cc(C3CC3)ccc12. The summed E-state index contributed by atoms with van der Waals surface area (Å²) in [4.78, 5) is 26.5. The molecule has 1 saturated carbocycles. The van der Waals surface area contributed by atoms with Crippen LogP contribution in [0.15, 0.2) is 30.7 Å². The number of pyridine rings is 1. The number of aliphatic carboxylic acids is 2. The first-order valence-electron chi connectivity index (χ1n) is 10.6. The molecule has 0 spiro atoms. The Morgan fingerprint density at radius 3 is 2.47 bits per heavy atom. The summed E-state index contributed by atoms with van der Waals surface area (Å²) in [5.74, 6) is -1.44. The number of carboxylic acids is 2. The maximum absolute atomic E-state index is 12.4. The van der Waals surface area contributed by atoms with Crippen LogP contribution in [0, 0.1) is 5.41 Å². The summed E-state index contributed by atoms with van der Waals surface area (Å²) in [5, 5.41) is 23.3. The van der Waals surface area contributed by atoms with Gasteiger partial charge in [-0.15, -0.1) is 0 Å². The van der Waals surface area contributed by atoms with E-state index < -0.39 is 28.6 Å². The van der Waals surface area contributed by atoms with Crippen LogP contribution in [-0.4, -0.2) is 49.4 Å². The van der Waals surface area contributed by atoms with Crippen molar-refractivity contribution in [2.45, 2.75) is 70.7 Å². The third kappa shape index (κ3) is 3.01. The molecule has 2 aromatic rings. The summed E-state index contributed by atoms with van der Waals surface area (Å²) in [5.41, 5.74) is -1.26. The second kappa shape index (κ2) is 6.78. The fraction of sp³-hybridized carbons (Fsp3) is 0.591. The van der Waals surface area contributed by atoms with Gasteiger partial charge in [0.1, 0.15) is 24.6 Å². The third-order valence-corrected chi connectivity index (χ3v) is 6.95. The Morgan fingerprint density at radius 1 is 1.23 bits per heavy atom. The van der Waals surface area contributed by atoms with Gasteiger partial charge in [0.05, 0.1) is 6.20 Å². The average Bonchev–Trinajstić information content (AvgIpc) is 3.35. The molecular formula is C22H31N4O4+. The van der Waals surface area contributed by atoms with Crippen LogP contribution in [0.25, 0.3) is 5.65 Å². The van der Waals surface area contributed by atoms with E-state index in [1.807, 2.05) is 37.7 Å². The molecule has 3 heterocycles. The molecule has 2 aliphatic rings. The average molecular weight is 416 g/mol. The van der Waals surface area contributed by atoms with Gasteiger partial charge in [0.15, 0.2) is 5.66 Å². The highest BCUT2D eigenvalue weighted by atomic mass is 16.4. The van der Waals surface area contributed by atoms with Crippen LogP contribution >= 0.6 is 0 Å². The molecule has 2 atom stereocenters.